The van der Waals surface area contributed by atoms with Gasteiger partial charge in [-0.2, -0.15) is 4.98 Å². The van der Waals surface area contributed by atoms with Gasteiger partial charge in [-0.1, -0.05) is 37.3 Å². The molecular formula is C16H24N4O. The molecule has 0 bridgehead atoms. The minimum atomic E-state index is 0.558. The summed E-state index contributed by atoms with van der Waals surface area (Å²) in [6.45, 7) is 8.79. The number of hydrogen-bond donors (Lipinski definition) is 2. The van der Waals surface area contributed by atoms with E-state index in [1.54, 1.807) is 20.4 Å². The average molecular weight is 288 g/mol. The van der Waals surface area contributed by atoms with E-state index in [-0.39, 0.29) is 0 Å². The molecule has 0 unspecified atom stereocenters. The highest BCUT2D eigenvalue weighted by Crippen LogP contribution is 2.20. The van der Waals surface area contributed by atoms with Gasteiger partial charge in [-0.15, -0.1) is 0 Å². The number of anilines is 2. The highest BCUT2D eigenvalue weighted by Gasteiger charge is 2.05. The van der Waals surface area contributed by atoms with Crippen LogP contribution in [-0.2, 0) is 0 Å². The lowest BCUT2D eigenvalue weighted by atomic mass is 10.1. The Morgan fingerprint density at radius 2 is 2.24 bits per heavy atom. The van der Waals surface area contributed by atoms with Crippen molar-refractivity contribution in [1.29, 1.82) is 0 Å². The van der Waals surface area contributed by atoms with Crippen LogP contribution < -0.4 is 15.4 Å². The monoisotopic (exact) mass is 288 g/mol. The largest absolute Gasteiger partial charge is 0.491 e. The molecule has 2 N–H and O–H groups in total. The van der Waals surface area contributed by atoms with E-state index >= 15 is 0 Å². The molecule has 0 saturated heterocycles. The standard InChI is InChI=1S/C16H24N4O/c1-6-7-8-12(2)9-13(3)10-18-16-19-11-14(21-5)15(17-4)20-16/h7-9,11H,2,6,10H2,1,3-5H3,(H2,17,18,19,20)/b8-7-,13-9+. The lowest BCUT2D eigenvalue weighted by Crippen LogP contribution is -2.08. The number of ether oxygens (including phenoxy) is 1. The van der Waals surface area contributed by atoms with Gasteiger partial charge >= 0.3 is 0 Å². The van der Waals surface area contributed by atoms with E-state index in [4.69, 9.17) is 4.74 Å². The highest BCUT2D eigenvalue weighted by molar-refractivity contribution is 5.51. The maximum absolute atomic E-state index is 5.16. The number of rotatable bonds is 8. The predicted molar refractivity (Wildman–Crippen MR) is 88.9 cm³/mol. The van der Waals surface area contributed by atoms with E-state index in [1.807, 2.05) is 19.1 Å². The van der Waals surface area contributed by atoms with Crippen molar-refractivity contribution in [2.45, 2.75) is 20.3 Å². The molecule has 1 aromatic rings. The van der Waals surface area contributed by atoms with Gasteiger partial charge in [-0.05, 0) is 18.9 Å². The third-order valence-electron chi connectivity index (χ3n) is 2.74. The molecule has 0 saturated carbocycles. The third kappa shape index (κ3) is 5.69. The zero-order valence-electron chi connectivity index (χ0n) is 13.2. The van der Waals surface area contributed by atoms with Crippen LogP contribution in [0, 0.1) is 0 Å². The lowest BCUT2D eigenvalue weighted by molar-refractivity contribution is 0.413. The first-order valence-electron chi connectivity index (χ1n) is 6.96. The summed E-state index contributed by atoms with van der Waals surface area (Å²) in [7, 11) is 3.39. The summed E-state index contributed by atoms with van der Waals surface area (Å²) in [5.74, 6) is 1.84. The van der Waals surface area contributed by atoms with Gasteiger partial charge in [0.25, 0.3) is 0 Å². The Hall–Kier alpha value is -2.30. The molecule has 0 radical (unpaired) electrons. The van der Waals surface area contributed by atoms with Crippen LogP contribution in [0.15, 0.2) is 42.2 Å². The molecule has 0 fully saturated rings. The second-order valence-electron chi connectivity index (χ2n) is 4.59. The number of aromatic nitrogens is 2. The first-order valence-corrected chi connectivity index (χ1v) is 6.96. The molecule has 1 aromatic heterocycles. The molecule has 1 rings (SSSR count). The van der Waals surface area contributed by atoms with Crippen molar-refractivity contribution >= 4 is 11.8 Å². The van der Waals surface area contributed by atoms with E-state index in [9.17, 15) is 0 Å². The Labute approximate surface area is 126 Å². The fourth-order valence-corrected chi connectivity index (χ4v) is 1.69. The molecule has 5 nitrogen and oxygen atoms in total. The SMILES string of the molecule is C=C(/C=C\CC)/C=C(\C)CNc1ncc(OC)c(NC)n1. The smallest absolute Gasteiger partial charge is 0.225 e. The topological polar surface area (TPSA) is 59.1 Å². The summed E-state index contributed by atoms with van der Waals surface area (Å²) in [4.78, 5) is 8.55. The van der Waals surface area contributed by atoms with Crippen LogP contribution in [0.5, 0.6) is 5.75 Å². The molecule has 21 heavy (non-hydrogen) atoms. The Morgan fingerprint density at radius 1 is 1.48 bits per heavy atom. The van der Waals surface area contributed by atoms with Crippen molar-refractivity contribution in [3.63, 3.8) is 0 Å². The van der Waals surface area contributed by atoms with Gasteiger partial charge < -0.3 is 15.4 Å². The number of nitrogens with zero attached hydrogens (tertiary/aromatic N) is 2. The summed E-state index contributed by atoms with van der Waals surface area (Å²) < 4.78 is 5.16. The van der Waals surface area contributed by atoms with E-state index in [1.165, 1.54) is 0 Å². The summed E-state index contributed by atoms with van der Waals surface area (Å²) >= 11 is 0. The lowest BCUT2D eigenvalue weighted by Gasteiger charge is -2.10. The molecule has 1 heterocycles. The molecule has 0 spiro atoms. The molecule has 0 aliphatic carbocycles. The number of nitrogens with one attached hydrogen (secondary N) is 2. The maximum atomic E-state index is 5.16. The van der Waals surface area contributed by atoms with E-state index in [0.29, 0.717) is 24.1 Å². The Bertz CT molecular complexity index is 535. The number of allylic oxidation sites excluding steroid dienone is 4. The van der Waals surface area contributed by atoms with Crippen LogP contribution in [0.3, 0.4) is 0 Å². The van der Waals surface area contributed by atoms with Crippen molar-refractivity contribution in [2.24, 2.45) is 0 Å². The van der Waals surface area contributed by atoms with Crippen molar-refractivity contribution in [3.8, 4) is 5.75 Å². The van der Waals surface area contributed by atoms with Crippen LogP contribution >= 0.6 is 0 Å². The van der Waals surface area contributed by atoms with Crippen LogP contribution in [-0.4, -0.2) is 30.7 Å². The van der Waals surface area contributed by atoms with Gasteiger partial charge in [0.15, 0.2) is 11.6 Å². The minimum Gasteiger partial charge on any atom is -0.491 e. The van der Waals surface area contributed by atoms with Crippen LogP contribution in [0.4, 0.5) is 11.8 Å². The van der Waals surface area contributed by atoms with Crippen LogP contribution in [0.2, 0.25) is 0 Å². The van der Waals surface area contributed by atoms with Crippen molar-refractivity contribution in [3.05, 3.63) is 42.2 Å². The van der Waals surface area contributed by atoms with Crippen molar-refractivity contribution < 1.29 is 4.74 Å². The van der Waals surface area contributed by atoms with Crippen LogP contribution in [0.1, 0.15) is 20.3 Å². The molecular weight excluding hydrogens is 264 g/mol. The van der Waals surface area contributed by atoms with Crippen molar-refractivity contribution in [1.82, 2.24) is 9.97 Å². The van der Waals surface area contributed by atoms with Gasteiger partial charge in [0.1, 0.15) is 0 Å². The maximum Gasteiger partial charge on any atom is 0.225 e. The van der Waals surface area contributed by atoms with E-state index < -0.39 is 0 Å². The zero-order chi connectivity index (χ0) is 15.7. The van der Waals surface area contributed by atoms with E-state index in [0.717, 1.165) is 17.6 Å². The molecule has 114 valence electrons. The average Bonchev–Trinajstić information content (AvgIpc) is 2.50. The number of methoxy groups -OCH3 is 1. The van der Waals surface area contributed by atoms with Gasteiger partial charge in [0, 0.05) is 13.6 Å². The van der Waals surface area contributed by atoms with Crippen LogP contribution in [0.25, 0.3) is 0 Å². The summed E-state index contributed by atoms with van der Waals surface area (Å²) in [5, 5.41) is 6.16. The molecule has 0 aromatic carbocycles. The molecule has 0 aliphatic rings. The molecule has 0 atom stereocenters. The van der Waals surface area contributed by atoms with Gasteiger partial charge in [0.2, 0.25) is 5.95 Å². The molecule has 5 heteroatoms. The molecule has 0 amide bonds. The second-order valence-corrected chi connectivity index (χ2v) is 4.59. The molecule has 0 aliphatic heterocycles. The first-order chi connectivity index (χ1) is 10.1. The Morgan fingerprint density at radius 3 is 2.86 bits per heavy atom. The summed E-state index contributed by atoms with van der Waals surface area (Å²) in [6.07, 6.45) is 8.80. The quantitative estimate of drug-likeness (QED) is 0.718. The normalized spacial score (nSPS) is 11.5. The Kier molecular flexibility index (Phi) is 7.01. The zero-order valence-corrected chi connectivity index (χ0v) is 13.2. The first kappa shape index (κ1) is 16.8. The predicted octanol–water partition coefficient (Wildman–Crippen LogP) is 3.41. The summed E-state index contributed by atoms with van der Waals surface area (Å²) in [6, 6.07) is 0. The highest BCUT2D eigenvalue weighted by atomic mass is 16.5. The third-order valence-corrected chi connectivity index (χ3v) is 2.74. The van der Waals surface area contributed by atoms with Gasteiger partial charge in [-0.3, -0.25) is 0 Å². The number of hydrogen-bond acceptors (Lipinski definition) is 5. The fourth-order valence-electron chi connectivity index (χ4n) is 1.69. The Balaban J connectivity index is 2.64. The summed E-state index contributed by atoms with van der Waals surface area (Å²) in [5.41, 5.74) is 2.15. The van der Waals surface area contributed by atoms with Gasteiger partial charge in [-0.25, -0.2) is 4.98 Å². The minimum absolute atomic E-state index is 0.558. The fraction of sp³-hybridized carbons (Fsp3) is 0.375. The van der Waals surface area contributed by atoms with Gasteiger partial charge in [0.05, 0.1) is 13.3 Å². The second kappa shape index (κ2) is 8.79. The van der Waals surface area contributed by atoms with Crippen molar-refractivity contribution in [2.75, 3.05) is 31.3 Å². The van der Waals surface area contributed by atoms with E-state index in [2.05, 4.69) is 40.2 Å².